The van der Waals surface area contributed by atoms with E-state index in [9.17, 15) is 0 Å². The monoisotopic (exact) mass is 473 g/mol. The molecule has 0 bridgehead atoms. The topological polar surface area (TPSA) is 29.0 Å². The Kier molecular flexibility index (Phi) is 5.65. The van der Waals surface area contributed by atoms with Gasteiger partial charge in [-0.05, 0) is 16.7 Å². The van der Waals surface area contributed by atoms with E-state index in [2.05, 4.69) is 118 Å². The van der Waals surface area contributed by atoms with Crippen LogP contribution in [0.25, 0.3) is 11.3 Å². The summed E-state index contributed by atoms with van der Waals surface area (Å²) in [6.45, 7) is 1.37. The van der Waals surface area contributed by atoms with Crippen molar-refractivity contribution in [2.45, 2.75) is 18.6 Å². The van der Waals surface area contributed by atoms with Crippen LogP contribution in [0.1, 0.15) is 27.8 Å². The molecule has 0 unspecified atom stereocenters. The molecule has 0 amide bonds. The van der Waals surface area contributed by atoms with E-state index in [1.54, 1.807) is 0 Å². The predicted octanol–water partition coefficient (Wildman–Crippen LogP) is 7.10. The van der Waals surface area contributed by atoms with Gasteiger partial charge in [-0.2, -0.15) is 0 Å². The zero-order valence-corrected chi connectivity index (χ0v) is 19.9. The fourth-order valence-corrected chi connectivity index (χ4v) is 5.61. The molecule has 0 saturated heterocycles. The molecule has 35 heavy (non-hydrogen) atoms. The first-order valence-corrected chi connectivity index (χ1v) is 12.2. The molecule has 3 nitrogen and oxygen atoms in total. The van der Waals surface area contributed by atoms with E-state index >= 15 is 0 Å². The zero-order chi connectivity index (χ0) is 23.7. The minimum absolute atomic E-state index is 0.477. The van der Waals surface area contributed by atoms with E-state index in [4.69, 9.17) is 11.6 Å². The number of halogens is 1. The lowest BCUT2D eigenvalue weighted by Crippen LogP contribution is -2.45. The van der Waals surface area contributed by atoms with Gasteiger partial charge in [-0.1, -0.05) is 133 Å². The average molecular weight is 474 g/mol. The molecule has 5 aromatic rings. The standard InChI is InChI=1S/C31H24ClN3/c32-30-28-22-35(21-27(28)29(33-34-30)23-13-5-1-6-14-23)31(24-15-7-2-8-16-24,25-17-9-3-10-18-25)26-19-11-4-12-20-26/h1-20H,21-22H2. The fourth-order valence-electron chi connectivity index (χ4n) is 5.40. The molecule has 0 atom stereocenters. The van der Waals surface area contributed by atoms with Crippen LogP contribution in [0.4, 0.5) is 0 Å². The van der Waals surface area contributed by atoms with Crippen molar-refractivity contribution in [3.05, 3.63) is 154 Å². The Bertz CT molecular complexity index is 1340. The maximum atomic E-state index is 6.68. The first-order chi connectivity index (χ1) is 17.3. The van der Waals surface area contributed by atoms with Gasteiger partial charge in [0.1, 0.15) is 0 Å². The summed E-state index contributed by atoms with van der Waals surface area (Å²) in [5, 5.41) is 9.37. The van der Waals surface area contributed by atoms with Gasteiger partial charge in [0.15, 0.2) is 5.15 Å². The summed E-state index contributed by atoms with van der Waals surface area (Å²) in [5.41, 5.74) is 7.27. The molecule has 1 aliphatic rings. The second-order valence-electron chi connectivity index (χ2n) is 8.83. The van der Waals surface area contributed by atoms with Crippen molar-refractivity contribution in [3.8, 4) is 11.3 Å². The lowest BCUT2D eigenvalue weighted by Gasteiger charge is -2.43. The third-order valence-electron chi connectivity index (χ3n) is 6.93. The highest BCUT2D eigenvalue weighted by molar-refractivity contribution is 6.30. The Hall–Kier alpha value is -3.79. The molecule has 0 radical (unpaired) electrons. The maximum Gasteiger partial charge on any atom is 0.156 e. The Morgan fingerprint density at radius 2 is 0.971 bits per heavy atom. The van der Waals surface area contributed by atoms with Crippen molar-refractivity contribution < 1.29 is 0 Å². The van der Waals surface area contributed by atoms with E-state index in [1.807, 2.05) is 18.2 Å². The van der Waals surface area contributed by atoms with E-state index in [0.717, 1.165) is 22.4 Å². The number of fused-ring (bicyclic) bond motifs is 1. The van der Waals surface area contributed by atoms with Gasteiger partial charge >= 0.3 is 0 Å². The molecular formula is C31H24ClN3. The number of aromatic nitrogens is 2. The highest BCUT2D eigenvalue weighted by Crippen LogP contribution is 2.48. The third-order valence-corrected chi connectivity index (χ3v) is 7.23. The number of benzene rings is 4. The summed E-state index contributed by atoms with van der Waals surface area (Å²) in [4.78, 5) is 2.51. The van der Waals surface area contributed by atoms with Gasteiger partial charge in [0, 0.05) is 29.8 Å². The molecule has 4 aromatic carbocycles. The molecule has 1 aromatic heterocycles. The largest absolute Gasteiger partial charge is 0.277 e. The molecule has 0 aliphatic carbocycles. The van der Waals surface area contributed by atoms with Crippen LogP contribution in [0.3, 0.4) is 0 Å². The van der Waals surface area contributed by atoms with E-state index in [1.165, 1.54) is 16.7 Å². The summed E-state index contributed by atoms with van der Waals surface area (Å²) in [7, 11) is 0. The van der Waals surface area contributed by atoms with E-state index in [0.29, 0.717) is 18.2 Å². The third kappa shape index (κ3) is 3.65. The van der Waals surface area contributed by atoms with Gasteiger partial charge in [0.25, 0.3) is 0 Å². The molecule has 0 spiro atoms. The molecule has 170 valence electrons. The van der Waals surface area contributed by atoms with Gasteiger partial charge in [0.2, 0.25) is 0 Å². The second kappa shape index (κ2) is 9.10. The van der Waals surface area contributed by atoms with Gasteiger partial charge in [-0.15, -0.1) is 10.2 Å². The number of hydrogen-bond donors (Lipinski definition) is 0. The van der Waals surface area contributed by atoms with Crippen LogP contribution < -0.4 is 0 Å². The first-order valence-electron chi connectivity index (χ1n) is 11.8. The van der Waals surface area contributed by atoms with Gasteiger partial charge in [-0.25, -0.2) is 0 Å². The number of rotatable bonds is 5. The molecule has 0 fully saturated rings. The van der Waals surface area contributed by atoms with Crippen LogP contribution >= 0.6 is 11.6 Å². The normalized spacial score (nSPS) is 13.5. The quantitative estimate of drug-likeness (QED) is 0.255. The molecule has 2 heterocycles. The predicted molar refractivity (Wildman–Crippen MR) is 141 cm³/mol. The van der Waals surface area contributed by atoms with Crippen molar-refractivity contribution in [2.24, 2.45) is 0 Å². The molecular weight excluding hydrogens is 450 g/mol. The van der Waals surface area contributed by atoms with E-state index in [-0.39, 0.29) is 0 Å². The van der Waals surface area contributed by atoms with E-state index < -0.39 is 5.54 Å². The van der Waals surface area contributed by atoms with Crippen LogP contribution in [-0.4, -0.2) is 15.1 Å². The molecule has 6 rings (SSSR count). The summed E-state index contributed by atoms with van der Waals surface area (Å²) in [5.74, 6) is 0. The fraction of sp³-hybridized carbons (Fsp3) is 0.0968. The Balaban J connectivity index is 1.60. The van der Waals surface area contributed by atoms with Crippen LogP contribution in [0, 0.1) is 0 Å². The second-order valence-corrected chi connectivity index (χ2v) is 9.19. The Labute approximate surface area is 210 Å². The molecule has 0 N–H and O–H groups in total. The van der Waals surface area contributed by atoms with Crippen LogP contribution in [0.15, 0.2) is 121 Å². The van der Waals surface area contributed by atoms with Crippen LogP contribution in [-0.2, 0) is 18.6 Å². The molecule has 1 aliphatic heterocycles. The molecule has 4 heteroatoms. The SMILES string of the molecule is Clc1nnc(-c2ccccc2)c2c1CN(C(c1ccccc1)(c1ccccc1)c1ccccc1)C2. The van der Waals surface area contributed by atoms with Gasteiger partial charge in [-0.3, -0.25) is 4.90 Å². The molecule has 0 saturated carbocycles. The average Bonchev–Trinajstić information content (AvgIpc) is 3.38. The maximum absolute atomic E-state index is 6.68. The lowest BCUT2D eigenvalue weighted by molar-refractivity contribution is 0.157. The van der Waals surface area contributed by atoms with Crippen LogP contribution in [0.5, 0.6) is 0 Å². The lowest BCUT2D eigenvalue weighted by atomic mass is 9.75. The number of nitrogens with zero attached hydrogens (tertiary/aromatic N) is 3. The van der Waals surface area contributed by atoms with Gasteiger partial charge in [0.05, 0.1) is 11.2 Å². The van der Waals surface area contributed by atoms with Crippen molar-refractivity contribution in [1.29, 1.82) is 0 Å². The highest BCUT2D eigenvalue weighted by Gasteiger charge is 2.45. The van der Waals surface area contributed by atoms with Crippen molar-refractivity contribution in [2.75, 3.05) is 0 Å². The smallest absolute Gasteiger partial charge is 0.156 e. The minimum Gasteiger partial charge on any atom is -0.277 e. The minimum atomic E-state index is -0.514. The van der Waals surface area contributed by atoms with Crippen molar-refractivity contribution in [1.82, 2.24) is 15.1 Å². The summed E-state index contributed by atoms with van der Waals surface area (Å²) >= 11 is 6.68. The number of hydrogen-bond acceptors (Lipinski definition) is 3. The van der Waals surface area contributed by atoms with Crippen LogP contribution in [0.2, 0.25) is 5.15 Å². The van der Waals surface area contributed by atoms with Gasteiger partial charge < -0.3 is 0 Å². The highest BCUT2D eigenvalue weighted by atomic mass is 35.5. The van der Waals surface area contributed by atoms with Crippen molar-refractivity contribution >= 4 is 11.6 Å². The van der Waals surface area contributed by atoms with Crippen molar-refractivity contribution in [3.63, 3.8) is 0 Å². The summed E-state index contributed by atoms with van der Waals surface area (Å²) < 4.78 is 0. The Morgan fingerprint density at radius 1 is 0.543 bits per heavy atom. The summed E-state index contributed by atoms with van der Waals surface area (Å²) in [6, 6.07) is 42.5. The first kappa shape index (κ1) is 21.7. The summed E-state index contributed by atoms with van der Waals surface area (Å²) in [6.07, 6.45) is 0. The Morgan fingerprint density at radius 3 is 1.46 bits per heavy atom. The zero-order valence-electron chi connectivity index (χ0n) is 19.2.